The molecule has 0 aromatic heterocycles. The third kappa shape index (κ3) is 4.85. The lowest BCUT2D eigenvalue weighted by atomic mass is 10.0. The number of anilines is 2. The van der Waals surface area contributed by atoms with E-state index in [4.69, 9.17) is 5.41 Å². The number of rotatable bonds is 7. The number of amides is 1. The summed E-state index contributed by atoms with van der Waals surface area (Å²) in [6.07, 6.45) is 3.73. The fourth-order valence-electron chi connectivity index (χ4n) is 3.94. The summed E-state index contributed by atoms with van der Waals surface area (Å²) in [5, 5.41) is 25.4. The zero-order valence-corrected chi connectivity index (χ0v) is 18.5. The second kappa shape index (κ2) is 9.66. The number of phenolic OH excluding ortho intramolecular Hbond substituents is 1. The fourth-order valence-corrected chi connectivity index (χ4v) is 3.94. The molecule has 0 unspecified atom stereocenters. The lowest BCUT2D eigenvalue weighted by Crippen LogP contribution is -2.29. The number of hydrazone groups is 1. The van der Waals surface area contributed by atoms with Gasteiger partial charge in [-0.1, -0.05) is 24.3 Å². The van der Waals surface area contributed by atoms with E-state index in [1.807, 2.05) is 18.2 Å². The van der Waals surface area contributed by atoms with Gasteiger partial charge in [0.1, 0.15) is 23.5 Å². The number of phenols is 1. The van der Waals surface area contributed by atoms with Gasteiger partial charge in [-0.25, -0.2) is 4.39 Å². The predicted molar refractivity (Wildman–Crippen MR) is 130 cm³/mol. The van der Waals surface area contributed by atoms with E-state index in [2.05, 4.69) is 15.8 Å². The molecule has 0 atom stereocenters. The molecule has 4 rings (SSSR count). The zero-order valence-electron chi connectivity index (χ0n) is 18.5. The highest BCUT2D eigenvalue weighted by Crippen LogP contribution is 2.37. The van der Waals surface area contributed by atoms with Gasteiger partial charge in [0, 0.05) is 22.9 Å². The summed E-state index contributed by atoms with van der Waals surface area (Å²) in [6.45, 7) is 1.41. The van der Waals surface area contributed by atoms with Gasteiger partial charge in [0.05, 0.1) is 5.71 Å². The standard InChI is InChI=1S/C26H23FN4O3/c1-15(28)24(26(34)29-21-9-8-17-5-3-6-18(17)11-21)31-30-23-13-20(27)12-22(25(23)33)19-7-2-4-16(10-19)14-32/h2,4,7-14,28,30,33H,3,5-6H2,1H3,(H,29,34)/b28-15?,31-24-. The van der Waals surface area contributed by atoms with E-state index in [0.29, 0.717) is 23.1 Å². The van der Waals surface area contributed by atoms with Crippen molar-refractivity contribution in [2.75, 3.05) is 10.7 Å². The third-order valence-electron chi connectivity index (χ3n) is 5.62. The molecule has 7 nitrogen and oxygen atoms in total. The molecule has 0 radical (unpaired) electrons. The molecule has 0 bridgehead atoms. The molecule has 172 valence electrons. The summed E-state index contributed by atoms with van der Waals surface area (Å²) in [4.78, 5) is 23.9. The number of benzene rings is 3. The first-order valence-corrected chi connectivity index (χ1v) is 10.8. The molecular weight excluding hydrogens is 435 g/mol. The number of nitrogens with one attached hydrogen (secondary N) is 3. The molecule has 0 aliphatic heterocycles. The van der Waals surface area contributed by atoms with E-state index in [-0.39, 0.29) is 28.4 Å². The number of carbonyl (C=O) groups excluding carboxylic acids is 2. The Labute approximate surface area is 195 Å². The first-order chi connectivity index (χ1) is 16.4. The Balaban J connectivity index is 1.60. The molecule has 0 spiro atoms. The summed E-state index contributed by atoms with van der Waals surface area (Å²) in [6, 6.07) is 14.2. The van der Waals surface area contributed by atoms with Crippen LogP contribution in [0.2, 0.25) is 0 Å². The molecule has 0 fully saturated rings. The van der Waals surface area contributed by atoms with Gasteiger partial charge in [-0.3, -0.25) is 15.0 Å². The van der Waals surface area contributed by atoms with Crippen molar-refractivity contribution in [3.63, 3.8) is 0 Å². The lowest BCUT2D eigenvalue weighted by molar-refractivity contribution is -0.110. The summed E-state index contributed by atoms with van der Waals surface area (Å²) in [7, 11) is 0. The Bertz CT molecular complexity index is 1330. The van der Waals surface area contributed by atoms with E-state index in [1.165, 1.54) is 24.1 Å². The van der Waals surface area contributed by atoms with E-state index in [9.17, 15) is 19.1 Å². The second-order valence-corrected chi connectivity index (χ2v) is 8.08. The number of carbonyl (C=O) groups is 2. The summed E-state index contributed by atoms with van der Waals surface area (Å²) in [5.41, 5.74) is 6.12. The van der Waals surface area contributed by atoms with Crippen LogP contribution < -0.4 is 10.7 Å². The van der Waals surface area contributed by atoms with Crippen molar-refractivity contribution in [2.45, 2.75) is 26.2 Å². The van der Waals surface area contributed by atoms with Crippen molar-refractivity contribution in [1.29, 1.82) is 5.41 Å². The van der Waals surface area contributed by atoms with Crippen molar-refractivity contribution >= 4 is 35.0 Å². The average Bonchev–Trinajstić information content (AvgIpc) is 3.29. The van der Waals surface area contributed by atoms with Crippen molar-refractivity contribution < 1.29 is 19.1 Å². The van der Waals surface area contributed by atoms with Crippen molar-refractivity contribution in [1.82, 2.24) is 0 Å². The monoisotopic (exact) mass is 458 g/mol. The second-order valence-electron chi connectivity index (χ2n) is 8.08. The van der Waals surface area contributed by atoms with Crippen LogP contribution >= 0.6 is 0 Å². The summed E-state index contributed by atoms with van der Waals surface area (Å²) < 4.78 is 14.3. The number of aryl methyl sites for hydroxylation is 2. The maximum absolute atomic E-state index is 14.3. The number of aromatic hydroxyl groups is 1. The molecule has 1 aliphatic rings. The molecule has 3 aromatic rings. The number of halogens is 1. The van der Waals surface area contributed by atoms with Crippen LogP contribution in [0.15, 0.2) is 59.7 Å². The minimum Gasteiger partial charge on any atom is -0.505 e. The van der Waals surface area contributed by atoms with Crippen LogP contribution in [0.4, 0.5) is 15.8 Å². The van der Waals surface area contributed by atoms with Crippen molar-refractivity contribution in [3.8, 4) is 16.9 Å². The molecule has 34 heavy (non-hydrogen) atoms. The van der Waals surface area contributed by atoms with Crippen molar-refractivity contribution in [2.24, 2.45) is 5.10 Å². The van der Waals surface area contributed by atoms with E-state index < -0.39 is 11.7 Å². The first-order valence-electron chi connectivity index (χ1n) is 10.8. The minimum absolute atomic E-state index is 0.0874. The number of fused-ring (bicyclic) bond motifs is 1. The lowest BCUT2D eigenvalue weighted by Gasteiger charge is -2.12. The highest BCUT2D eigenvalue weighted by molar-refractivity contribution is 6.67. The van der Waals surface area contributed by atoms with Gasteiger partial charge in [0.15, 0.2) is 5.71 Å². The summed E-state index contributed by atoms with van der Waals surface area (Å²) >= 11 is 0. The number of hydrogen-bond donors (Lipinski definition) is 4. The maximum atomic E-state index is 14.3. The van der Waals surface area contributed by atoms with Crippen LogP contribution in [-0.2, 0) is 17.6 Å². The van der Waals surface area contributed by atoms with Gasteiger partial charge < -0.3 is 15.8 Å². The van der Waals surface area contributed by atoms with Crippen LogP contribution in [0.3, 0.4) is 0 Å². The minimum atomic E-state index is -0.655. The van der Waals surface area contributed by atoms with Gasteiger partial charge in [0.25, 0.3) is 5.91 Å². The van der Waals surface area contributed by atoms with Crippen LogP contribution in [-0.4, -0.2) is 28.7 Å². The van der Waals surface area contributed by atoms with Crippen molar-refractivity contribution in [3.05, 3.63) is 77.1 Å². The Kier molecular flexibility index (Phi) is 6.49. The maximum Gasteiger partial charge on any atom is 0.277 e. The summed E-state index contributed by atoms with van der Waals surface area (Å²) in [5.74, 6) is -1.57. The molecule has 8 heteroatoms. The number of nitrogens with zero attached hydrogens (tertiary/aromatic N) is 1. The number of hydrogen-bond acceptors (Lipinski definition) is 6. The quantitative estimate of drug-likeness (QED) is 0.174. The normalized spacial score (nSPS) is 12.7. The van der Waals surface area contributed by atoms with Crippen LogP contribution in [0.1, 0.15) is 34.8 Å². The molecule has 0 saturated carbocycles. The van der Waals surface area contributed by atoms with E-state index in [1.54, 1.807) is 18.2 Å². The average molecular weight is 458 g/mol. The van der Waals surface area contributed by atoms with Crippen LogP contribution in [0, 0.1) is 11.2 Å². The topological polar surface area (TPSA) is 115 Å². The molecule has 0 heterocycles. The smallest absolute Gasteiger partial charge is 0.277 e. The zero-order chi connectivity index (χ0) is 24.2. The highest BCUT2D eigenvalue weighted by atomic mass is 19.1. The Morgan fingerprint density at radius 1 is 1.12 bits per heavy atom. The molecule has 4 N–H and O–H groups in total. The molecule has 1 amide bonds. The van der Waals surface area contributed by atoms with E-state index >= 15 is 0 Å². The highest BCUT2D eigenvalue weighted by Gasteiger charge is 2.18. The largest absolute Gasteiger partial charge is 0.505 e. The first kappa shape index (κ1) is 22.8. The SMILES string of the molecule is CC(=N)/C(=N/Nc1cc(F)cc(-c2cccc(C=O)c2)c1O)C(=O)Nc1ccc2c(c1)CCC2. The van der Waals surface area contributed by atoms with Gasteiger partial charge in [-0.05, 0) is 67.1 Å². The Morgan fingerprint density at radius 3 is 2.68 bits per heavy atom. The molecular formula is C26H23FN4O3. The third-order valence-corrected chi connectivity index (χ3v) is 5.62. The van der Waals surface area contributed by atoms with Crippen LogP contribution in [0.25, 0.3) is 11.1 Å². The number of aldehydes is 1. The molecule has 3 aromatic carbocycles. The van der Waals surface area contributed by atoms with Gasteiger partial charge >= 0.3 is 0 Å². The van der Waals surface area contributed by atoms with E-state index in [0.717, 1.165) is 31.4 Å². The van der Waals surface area contributed by atoms with Gasteiger partial charge in [0.2, 0.25) is 0 Å². The van der Waals surface area contributed by atoms with Gasteiger partial charge in [-0.15, -0.1) is 0 Å². The molecule has 0 saturated heterocycles. The van der Waals surface area contributed by atoms with Crippen LogP contribution in [0.5, 0.6) is 5.75 Å². The fraction of sp³-hybridized carbons (Fsp3) is 0.154. The Hall–Kier alpha value is -4.33. The van der Waals surface area contributed by atoms with Gasteiger partial charge in [-0.2, -0.15) is 5.10 Å². The Morgan fingerprint density at radius 2 is 1.91 bits per heavy atom. The predicted octanol–water partition coefficient (Wildman–Crippen LogP) is 4.95. The molecule has 1 aliphatic carbocycles.